The van der Waals surface area contributed by atoms with Crippen LogP contribution in [0.5, 0.6) is 5.75 Å². The SMILES string of the molecule is O=P([O-])([O-])O[C@H]1[C@H](O)[C@H](O)[C@@H](Oc2ccc(-c3ccccc3)cc2)O[C@@H]1CO.[NH4+].[NH4+]. The molecule has 2 aromatic carbocycles. The van der Waals surface area contributed by atoms with Crippen molar-refractivity contribution in [2.24, 2.45) is 0 Å². The number of hydrogen-bond acceptors (Lipinski definition) is 9. The Morgan fingerprint density at radius 3 is 2.03 bits per heavy atom. The van der Waals surface area contributed by atoms with Crippen LogP contribution in [0.1, 0.15) is 0 Å². The van der Waals surface area contributed by atoms with Crippen LogP contribution in [0.3, 0.4) is 0 Å². The number of hydrogen-bond donors (Lipinski definition) is 5. The van der Waals surface area contributed by atoms with Gasteiger partial charge in [0.05, 0.1) is 14.4 Å². The van der Waals surface area contributed by atoms with Crippen molar-refractivity contribution >= 4 is 7.82 Å². The highest BCUT2D eigenvalue weighted by Crippen LogP contribution is 2.35. The first-order valence-corrected chi connectivity index (χ1v) is 9.89. The molecule has 0 saturated carbocycles. The summed E-state index contributed by atoms with van der Waals surface area (Å²) >= 11 is 0. The van der Waals surface area contributed by atoms with Crippen LogP contribution in [-0.4, -0.2) is 52.6 Å². The molecule has 1 fully saturated rings. The quantitative estimate of drug-likeness (QED) is 0.380. The summed E-state index contributed by atoms with van der Waals surface area (Å²) in [6, 6.07) is 16.4. The Balaban J connectivity index is 0.00000225. The van der Waals surface area contributed by atoms with Gasteiger partial charge in [0.1, 0.15) is 30.2 Å². The summed E-state index contributed by atoms with van der Waals surface area (Å²) in [6.45, 7) is -0.763. The molecule has 168 valence electrons. The predicted molar refractivity (Wildman–Crippen MR) is 105 cm³/mol. The number of quaternary nitrogens is 2. The van der Waals surface area contributed by atoms with Crippen LogP contribution in [0.4, 0.5) is 0 Å². The Labute approximate surface area is 173 Å². The number of rotatable bonds is 6. The number of aliphatic hydroxyl groups is 3. The predicted octanol–water partition coefficient (Wildman–Crippen LogP) is 0.138. The number of phosphoric ester groups is 1. The second-order valence-electron chi connectivity index (χ2n) is 6.23. The molecule has 1 saturated heterocycles. The fourth-order valence-corrected chi connectivity index (χ4v) is 3.48. The Morgan fingerprint density at radius 2 is 1.50 bits per heavy atom. The normalized spacial score (nSPS) is 26.2. The fraction of sp³-hybridized carbons (Fsp3) is 0.333. The zero-order valence-corrected chi connectivity index (χ0v) is 17.4. The van der Waals surface area contributed by atoms with Gasteiger partial charge in [-0.05, 0) is 23.3 Å². The van der Waals surface area contributed by atoms with Crippen molar-refractivity contribution in [2.75, 3.05) is 6.61 Å². The Hall–Kier alpha value is -1.89. The molecular weight excluding hydrogens is 419 g/mol. The van der Waals surface area contributed by atoms with Gasteiger partial charge in [-0.2, -0.15) is 0 Å². The van der Waals surface area contributed by atoms with Crippen molar-refractivity contribution in [3.8, 4) is 16.9 Å². The van der Waals surface area contributed by atoms with E-state index < -0.39 is 45.1 Å². The monoisotopic (exact) mass is 446 g/mol. The molecule has 0 spiro atoms. The third kappa shape index (κ3) is 6.30. The molecule has 11 N–H and O–H groups in total. The lowest BCUT2D eigenvalue weighted by atomic mass is 9.99. The molecule has 1 aliphatic heterocycles. The van der Waals surface area contributed by atoms with Crippen molar-refractivity contribution in [3.05, 3.63) is 54.6 Å². The van der Waals surface area contributed by atoms with Gasteiger partial charge in [0, 0.05) is 0 Å². The number of ether oxygens (including phenoxy) is 2. The molecular formula is C18H27N2O9P. The zero-order chi connectivity index (χ0) is 20.3. The van der Waals surface area contributed by atoms with E-state index in [2.05, 4.69) is 4.52 Å². The van der Waals surface area contributed by atoms with E-state index in [1.807, 2.05) is 30.3 Å². The lowest BCUT2D eigenvalue weighted by Crippen LogP contribution is -2.61. The van der Waals surface area contributed by atoms with Gasteiger partial charge in [0.15, 0.2) is 0 Å². The van der Waals surface area contributed by atoms with Crippen LogP contribution in [0.25, 0.3) is 11.1 Å². The molecule has 0 bridgehead atoms. The van der Waals surface area contributed by atoms with E-state index in [1.54, 1.807) is 24.3 Å². The number of phosphoric acid groups is 1. The summed E-state index contributed by atoms with van der Waals surface area (Å²) < 4.78 is 25.9. The van der Waals surface area contributed by atoms with Gasteiger partial charge in [0.2, 0.25) is 6.29 Å². The van der Waals surface area contributed by atoms with Crippen molar-refractivity contribution in [1.82, 2.24) is 12.3 Å². The molecule has 30 heavy (non-hydrogen) atoms. The fourth-order valence-electron chi connectivity index (χ4n) is 2.92. The minimum Gasteiger partial charge on any atom is -0.790 e. The summed E-state index contributed by atoms with van der Waals surface area (Å²) in [5, 5.41) is 29.6. The first-order chi connectivity index (χ1) is 13.3. The highest BCUT2D eigenvalue weighted by atomic mass is 31.2. The van der Waals surface area contributed by atoms with Crippen LogP contribution in [0, 0.1) is 0 Å². The topological polar surface area (TPSA) is 225 Å². The average Bonchev–Trinajstić information content (AvgIpc) is 2.68. The summed E-state index contributed by atoms with van der Waals surface area (Å²) in [7, 11) is -5.47. The largest absolute Gasteiger partial charge is 0.790 e. The first kappa shape index (κ1) is 26.1. The molecule has 2 aromatic rings. The van der Waals surface area contributed by atoms with Gasteiger partial charge >= 0.3 is 0 Å². The summed E-state index contributed by atoms with van der Waals surface area (Å²) in [6.07, 6.45) is -8.08. The van der Waals surface area contributed by atoms with E-state index in [4.69, 9.17) is 9.47 Å². The lowest BCUT2D eigenvalue weighted by Gasteiger charge is -2.45. The van der Waals surface area contributed by atoms with E-state index in [1.165, 1.54) is 0 Å². The summed E-state index contributed by atoms with van der Waals surface area (Å²) in [4.78, 5) is 21.6. The van der Waals surface area contributed by atoms with Crippen molar-refractivity contribution in [3.63, 3.8) is 0 Å². The first-order valence-electron chi connectivity index (χ1n) is 8.43. The van der Waals surface area contributed by atoms with Gasteiger partial charge in [-0.1, -0.05) is 42.5 Å². The van der Waals surface area contributed by atoms with Crippen LogP contribution in [-0.2, 0) is 13.8 Å². The smallest absolute Gasteiger partial charge is 0.229 e. The van der Waals surface area contributed by atoms with Crippen molar-refractivity contribution in [2.45, 2.75) is 30.7 Å². The Morgan fingerprint density at radius 1 is 0.933 bits per heavy atom. The van der Waals surface area contributed by atoms with E-state index in [0.29, 0.717) is 5.75 Å². The van der Waals surface area contributed by atoms with Gasteiger partial charge in [0.25, 0.3) is 0 Å². The number of benzene rings is 2. The van der Waals surface area contributed by atoms with E-state index in [9.17, 15) is 29.7 Å². The highest BCUT2D eigenvalue weighted by molar-refractivity contribution is 7.43. The van der Waals surface area contributed by atoms with Crippen molar-refractivity contribution in [1.29, 1.82) is 0 Å². The van der Waals surface area contributed by atoms with Crippen LogP contribution in [0.2, 0.25) is 0 Å². The Bertz CT molecular complexity index is 816. The van der Waals surface area contributed by atoms with Crippen molar-refractivity contribution < 1.29 is 43.7 Å². The minimum atomic E-state index is -5.47. The molecule has 11 nitrogen and oxygen atoms in total. The van der Waals surface area contributed by atoms with Gasteiger partial charge in [-0.25, -0.2) is 0 Å². The molecule has 0 aliphatic carbocycles. The number of aliphatic hydroxyl groups excluding tert-OH is 3. The molecule has 12 heteroatoms. The van der Waals surface area contributed by atoms with Crippen LogP contribution < -0.4 is 26.8 Å². The summed E-state index contributed by atoms with van der Waals surface area (Å²) in [5.74, 6) is 0.310. The lowest BCUT2D eigenvalue weighted by molar-refractivity contribution is -0.358. The van der Waals surface area contributed by atoms with E-state index in [0.717, 1.165) is 11.1 Å². The second kappa shape index (κ2) is 10.9. The Kier molecular flexibility index (Phi) is 9.53. The third-order valence-corrected chi connectivity index (χ3v) is 4.79. The maximum absolute atomic E-state index is 10.8. The molecule has 0 aromatic heterocycles. The highest BCUT2D eigenvalue weighted by Gasteiger charge is 2.46. The summed E-state index contributed by atoms with van der Waals surface area (Å²) in [5.41, 5.74) is 1.93. The molecule has 1 heterocycles. The second-order valence-corrected chi connectivity index (χ2v) is 7.34. The van der Waals surface area contributed by atoms with Gasteiger partial charge < -0.3 is 56.0 Å². The molecule has 0 unspecified atom stereocenters. The average molecular weight is 446 g/mol. The minimum absolute atomic E-state index is 0. The van der Waals surface area contributed by atoms with Gasteiger partial charge in [-0.3, -0.25) is 0 Å². The third-order valence-electron chi connectivity index (χ3n) is 4.29. The van der Waals surface area contributed by atoms with Crippen LogP contribution >= 0.6 is 7.82 Å². The van der Waals surface area contributed by atoms with E-state index >= 15 is 0 Å². The standard InChI is InChI=1S/C18H21O9P.2H3N/c19-10-14-17(27-28(22,23)24)15(20)16(21)18(26-14)25-13-8-6-12(7-9-13)11-4-2-1-3-5-11;;/h1-9,14-21H,10H2,(H2,22,23,24);2*1H3/t14-,15-,16+,17-,18+;;/m1../s1. The molecule has 0 radical (unpaired) electrons. The van der Waals surface area contributed by atoms with E-state index in [-0.39, 0.29) is 12.3 Å². The van der Waals surface area contributed by atoms with Gasteiger partial charge in [-0.15, -0.1) is 0 Å². The maximum atomic E-state index is 10.8. The van der Waals surface area contributed by atoms with Crippen LogP contribution in [0.15, 0.2) is 54.6 Å². The molecule has 0 amide bonds. The molecule has 5 atom stereocenters. The zero-order valence-electron chi connectivity index (χ0n) is 16.5. The maximum Gasteiger partial charge on any atom is 0.229 e. The molecule has 3 rings (SSSR count). The molecule has 1 aliphatic rings.